The fourth-order valence-corrected chi connectivity index (χ4v) is 0.707. The largest absolute Gasteiger partial charge is 0.433 e. The molecule has 88 valence electrons. The van der Waals surface area contributed by atoms with Gasteiger partial charge in [-0.25, -0.2) is 4.79 Å². The number of hydrogen-bond acceptors (Lipinski definition) is 8. The van der Waals surface area contributed by atoms with E-state index in [1.807, 2.05) is 0 Å². The van der Waals surface area contributed by atoms with Gasteiger partial charge in [0.1, 0.15) is 0 Å². The summed E-state index contributed by atoms with van der Waals surface area (Å²) >= 11 is 0. The number of ether oxygens (including phenoxy) is 1. The van der Waals surface area contributed by atoms with Gasteiger partial charge in [0.05, 0.1) is 6.54 Å². The predicted octanol–water partition coefficient (Wildman–Crippen LogP) is -3.68. The number of aliphatic hydroxyl groups excluding tert-OH is 1. The molecule has 0 aliphatic heterocycles. The molecule has 0 aliphatic rings. The first-order valence-electron chi connectivity index (χ1n) is 3.86. The SMILES string of the molecule is C=CC(=O)OC(N)(CN)C(O)(O)C(O)O. The molecule has 0 saturated carbocycles. The van der Waals surface area contributed by atoms with Crippen LogP contribution in [0.15, 0.2) is 12.7 Å². The lowest BCUT2D eigenvalue weighted by Gasteiger charge is -2.39. The van der Waals surface area contributed by atoms with E-state index >= 15 is 0 Å². The van der Waals surface area contributed by atoms with E-state index in [0.29, 0.717) is 6.08 Å². The quantitative estimate of drug-likeness (QED) is 0.157. The Morgan fingerprint density at radius 3 is 2.27 bits per heavy atom. The summed E-state index contributed by atoms with van der Waals surface area (Å²) in [6.45, 7) is 2.31. The van der Waals surface area contributed by atoms with E-state index in [1.165, 1.54) is 0 Å². The van der Waals surface area contributed by atoms with Crippen LogP contribution in [0.4, 0.5) is 0 Å². The van der Waals surface area contributed by atoms with Gasteiger partial charge >= 0.3 is 5.97 Å². The van der Waals surface area contributed by atoms with Crippen molar-refractivity contribution in [2.45, 2.75) is 17.8 Å². The zero-order chi connectivity index (χ0) is 12.3. The van der Waals surface area contributed by atoms with Crippen LogP contribution in [0.2, 0.25) is 0 Å². The number of nitrogens with two attached hydrogens (primary N) is 2. The van der Waals surface area contributed by atoms with Crippen molar-refractivity contribution in [3.05, 3.63) is 12.7 Å². The van der Waals surface area contributed by atoms with E-state index in [9.17, 15) is 15.0 Å². The molecule has 0 bridgehead atoms. The van der Waals surface area contributed by atoms with Gasteiger partial charge in [-0.05, 0) is 0 Å². The summed E-state index contributed by atoms with van der Waals surface area (Å²) in [5, 5.41) is 35.7. The summed E-state index contributed by atoms with van der Waals surface area (Å²) in [4.78, 5) is 10.8. The van der Waals surface area contributed by atoms with Crippen molar-refractivity contribution in [2.75, 3.05) is 6.54 Å². The van der Waals surface area contributed by atoms with Crippen molar-refractivity contribution < 1.29 is 30.0 Å². The highest BCUT2D eigenvalue weighted by molar-refractivity contribution is 5.81. The maximum Gasteiger partial charge on any atom is 0.332 e. The van der Waals surface area contributed by atoms with Crippen molar-refractivity contribution >= 4 is 5.97 Å². The van der Waals surface area contributed by atoms with E-state index < -0.39 is 30.3 Å². The van der Waals surface area contributed by atoms with E-state index in [1.54, 1.807) is 0 Å². The minimum Gasteiger partial charge on any atom is -0.433 e. The fourth-order valence-electron chi connectivity index (χ4n) is 0.707. The molecule has 0 aromatic rings. The average molecular weight is 222 g/mol. The lowest BCUT2D eigenvalue weighted by molar-refractivity contribution is -0.355. The Morgan fingerprint density at radius 2 is 2.00 bits per heavy atom. The highest BCUT2D eigenvalue weighted by atomic mass is 16.6. The van der Waals surface area contributed by atoms with Crippen LogP contribution in [-0.4, -0.2) is 50.7 Å². The van der Waals surface area contributed by atoms with Crippen LogP contribution >= 0.6 is 0 Å². The molecule has 8 heteroatoms. The molecule has 0 aromatic carbocycles. The summed E-state index contributed by atoms with van der Waals surface area (Å²) in [5.41, 5.74) is 7.72. The molecular weight excluding hydrogens is 208 g/mol. The molecule has 0 aliphatic carbocycles. The van der Waals surface area contributed by atoms with Crippen LogP contribution < -0.4 is 11.5 Å². The standard InChI is InChI=1S/C7H14N2O6/c1-2-4(10)15-6(9,3-8)7(13,14)5(11)12/h2,5,11-14H,1,3,8-9H2. The average Bonchev–Trinajstić information content (AvgIpc) is 2.16. The van der Waals surface area contributed by atoms with Gasteiger partial charge in [-0.3, -0.25) is 5.73 Å². The second kappa shape index (κ2) is 4.66. The zero-order valence-corrected chi connectivity index (χ0v) is 7.83. The van der Waals surface area contributed by atoms with E-state index in [-0.39, 0.29) is 0 Å². The second-order valence-electron chi connectivity index (χ2n) is 2.82. The Morgan fingerprint density at radius 1 is 1.53 bits per heavy atom. The van der Waals surface area contributed by atoms with Gasteiger partial charge in [-0.2, -0.15) is 0 Å². The van der Waals surface area contributed by atoms with Gasteiger partial charge in [0.15, 0.2) is 0 Å². The molecule has 0 spiro atoms. The van der Waals surface area contributed by atoms with Crippen LogP contribution in [0.3, 0.4) is 0 Å². The van der Waals surface area contributed by atoms with Crippen LogP contribution in [0, 0.1) is 0 Å². The Kier molecular flexibility index (Phi) is 4.34. The molecular formula is C7H14N2O6. The number of esters is 1. The predicted molar refractivity (Wildman–Crippen MR) is 47.7 cm³/mol. The molecule has 0 radical (unpaired) electrons. The highest BCUT2D eigenvalue weighted by Crippen LogP contribution is 2.21. The number of carbonyl (C=O) groups excluding carboxylic acids is 1. The number of hydrogen-bond donors (Lipinski definition) is 6. The number of aliphatic hydroxyl groups is 4. The van der Waals surface area contributed by atoms with Crippen molar-refractivity contribution in [1.29, 1.82) is 0 Å². The third-order valence-electron chi connectivity index (χ3n) is 1.74. The van der Waals surface area contributed by atoms with Crippen LogP contribution in [0.5, 0.6) is 0 Å². The van der Waals surface area contributed by atoms with Crippen LogP contribution in [-0.2, 0) is 9.53 Å². The van der Waals surface area contributed by atoms with Gasteiger partial charge in [-0.1, -0.05) is 6.58 Å². The maximum absolute atomic E-state index is 10.8. The van der Waals surface area contributed by atoms with E-state index in [0.717, 1.165) is 0 Å². The first-order chi connectivity index (χ1) is 6.71. The van der Waals surface area contributed by atoms with Gasteiger partial charge in [-0.15, -0.1) is 0 Å². The minimum atomic E-state index is -3.29. The van der Waals surface area contributed by atoms with Gasteiger partial charge in [0.25, 0.3) is 5.79 Å². The molecule has 0 saturated heterocycles. The van der Waals surface area contributed by atoms with Crippen LogP contribution in [0.1, 0.15) is 0 Å². The normalized spacial score (nSPS) is 15.9. The van der Waals surface area contributed by atoms with Gasteiger partial charge < -0.3 is 30.9 Å². The summed E-state index contributed by atoms with van der Waals surface area (Å²) in [6.07, 6.45) is -1.94. The van der Waals surface area contributed by atoms with Crippen LogP contribution in [0.25, 0.3) is 0 Å². The van der Waals surface area contributed by atoms with E-state index in [4.69, 9.17) is 21.7 Å². The fraction of sp³-hybridized carbons (Fsp3) is 0.571. The Labute approximate surface area is 85.4 Å². The zero-order valence-electron chi connectivity index (χ0n) is 7.83. The van der Waals surface area contributed by atoms with Crippen molar-refractivity contribution in [3.8, 4) is 0 Å². The molecule has 0 aromatic heterocycles. The van der Waals surface area contributed by atoms with Crippen molar-refractivity contribution in [1.82, 2.24) is 0 Å². The first kappa shape index (κ1) is 14.0. The first-order valence-corrected chi connectivity index (χ1v) is 3.86. The molecule has 0 heterocycles. The molecule has 15 heavy (non-hydrogen) atoms. The Bertz CT molecular complexity index is 254. The smallest absolute Gasteiger partial charge is 0.332 e. The number of rotatable bonds is 5. The molecule has 1 atom stereocenters. The summed E-state index contributed by atoms with van der Waals surface area (Å²) < 4.78 is 4.34. The molecule has 0 amide bonds. The van der Waals surface area contributed by atoms with Gasteiger partial charge in [0.2, 0.25) is 12.0 Å². The Hall–Kier alpha value is -1.03. The second-order valence-corrected chi connectivity index (χ2v) is 2.82. The summed E-state index contributed by atoms with van der Waals surface area (Å²) in [5.74, 6) is -4.38. The Balaban J connectivity index is 4.99. The van der Waals surface area contributed by atoms with E-state index in [2.05, 4.69) is 11.3 Å². The third-order valence-corrected chi connectivity index (χ3v) is 1.74. The molecule has 0 fully saturated rings. The van der Waals surface area contributed by atoms with Crippen molar-refractivity contribution in [3.63, 3.8) is 0 Å². The molecule has 8 nitrogen and oxygen atoms in total. The lowest BCUT2D eigenvalue weighted by Crippen LogP contribution is -2.71. The summed E-state index contributed by atoms with van der Waals surface area (Å²) in [7, 11) is 0. The highest BCUT2D eigenvalue weighted by Gasteiger charge is 2.54. The number of carbonyl (C=O) groups is 1. The minimum absolute atomic E-state index is 0.705. The topological polar surface area (TPSA) is 159 Å². The molecule has 1 unspecified atom stereocenters. The third kappa shape index (κ3) is 2.72. The summed E-state index contributed by atoms with van der Waals surface area (Å²) in [6, 6.07) is 0. The maximum atomic E-state index is 10.8. The molecule has 0 rings (SSSR count). The molecule has 8 N–H and O–H groups in total. The van der Waals surface area contributed by atoms with Crippen molar-refractivity contribution in [2.24, 2.45) is 11.5 Å². The lowest BCUT2D eigenvalue weighted by atomic mass is 10.0. The van der Waals surface area contributed by atoms with Gasteiger partial charge in [0, 0.05) is 6.08 Å². The monoisotopic (exact) mass is 222 g/mol.